The summed E-state index contributed by atoms with van der Waals surface area (Å²) in [6, 6.07) is -0.701. The van der Waals surface area contributed by atoms with Crippen molar-refractivity contribution in [3.8, 4) is 0 Å². The Kier molecular flexibility index (Phi) is 54.4. The van der Waals surface area contributed by atoms with E-state index in [0.717, 1.165) is 57.8 Å². The lowest BCUT2D eigenvalue weighted by atomic mass is 10.0. The summed E-state index contributed by atoms with van der Waals surface area (Å²) in [5, 5.41) is 23.9. The molecule has 398 valence electrons. The molecule has 3 N–H and O–H groups in total. The fourth-order valence-corrected chi connectivity index (χ4v) is 9.72. The Morgan fingerprint density at radius 3 is 1.07 bits per heavy atom. The molecule has 0 fully saturated rings. The van der Waals surface area contributed by atoms with Crippen molar-refractivity contribution in [3.63, 3.8) is 0 Å². The van der Waals surface area contributed by atoms with E-state index in [-0.39, 0.29) is 24.9 Å². The number of rotatable bonds is 56. The van der Waals surface area contributed by atoms with Crippen molar-refractivity contribution in [2.75, 3.05) is 6.61 Å². The van der Waals surface area contributed by atoms with Gasteiger partial charge in [-0.1, -0.05) is 290 Å². The number of hydrogen-bond donors (Lipinski definition) is 3. The molecule has 0 aliphatic rings. The van der Waals surface area contributed by atoms with Crippen molar-refractivity contribution in [3.05, 3.63) is 12.2 Å². The van der Waals surface area contributed by atoms with Gasteiger partial charge in [0.05, 0.1) is 25.2 Å². The molecule has 0 aromatic heterocycles. The molecule has 0 aromatic rings. The topological polar surface area (TPSA) is 95.9 Å². The zero-order valence-corrected chi connectivity index (χ0v) is 45.6. The summed E-state index contributed by atoms with van der Waals surface area (Å²) in [5.41, 5.74) is 0. The van der Waals surface area contributed by atoms with E-state index in [9.17, 15) is 19.8 Å². The maximum Gasteiger partial charge on any atom is 0.306 e. The second-order valence-corrected chi connectivity index (χ2v) is 21.1. The second-order valence-electron chi connectivity index (χ2n) is 21.1. The number of ether oxygens (including phenoxy) is 1. The number of esters is 1. The summed E-state index contributed by atoms with van der Waals surface area (Å²) in [6.07, 6.45) is 64.3. The highest BCUT2D eigenvalue weighted by Crippen LogP contribution is 2.19. The molecule has 6 nitrogen and oxygen atoms in total. The molecule has 0 aromatic carbocycles. The molecule has 6 heteroatoms. The Balaban J connectivity index is 4.47. The van der Waals surface area contributed by atoms with Crippen LogP contribution in [-0.2, 0) is 14.3 Å². The third-order valence-corrected chi connectivity index (χ3v) is 14.3. The first-order valence-corrected chi connectivity index (χ1v) is 30.4. The zero-order chi connectivity index (χ0) is 48.8. The van der Waals surface area contributed by atoms with Gasteiger partial charge in [-0.25, -0.2) is 0 Å². The number of amides is 1. The second kappa shape index (κ2) is 55.5. The molecular weight excluding hydrogens is 827 g/mol. The number of aliphatic hydroxyl groups excluding tert-OH is 2. The predicted octanol–water partition coefficient (Wildman–Crippen LogP) is 18.9. The van der Waals surface area contributed by atoms with Gasteiger partial charge in [-0.3, -0.25) is 9.59 Å². The maximum atomic E-state index is 13.3. The third-order valence-electron chi connectivity index (χ3n) is 14.3. The highest BCUT2D eigenvalue weighted by atomic mass is 16.5. The summed E-state index contributed by atoms with van der Waals surface area (Å²) >= 11 is 0. The Bertz CT molecular complexity index is 1020. The molecule has 0 bridgehead atoms. The van der Waals surface area contributed by atoms with Crippen LogP contribution in [0.3, 0.4) is 0 Å². The third kappa shape index (κ3) is 50.8. The van der Waals surface area contributed by atoms with E-state index < -0.39 is 18.2 Å². The Morgan fingerprint density at radius 1 is 0.418 bits per heavy atom. The first kappa shape index (κ1) is 65.6. The number of nitrogens with one attached hydrogen (secondary N) is 1. The summed E-state index contributed by atoms with van der Waals surface area (Å²) in [7, 11) is 0. The van der Waals surface area contributed by atoms with Gasteiger partial charge in [-0.2, -0.15) is 0 Å². The van der Waals surface area contributed by atoms with Crippen molar-refractivity contribution in [2.45, 2.75) is 360 Å². The summed E-state index contributed by atoms with van der Waals surface area (Å²) in [6.45, 7) is 6.53. The molecule has 0 aliphatic heterocycles. The quantitative estimate of drug-likeness (QED) is 0.0321. The van der Waals surface area contributed by atoms with Gasteiger partial charge < -0.3 is 20.3 Å². The van der Waals surface area contributed by atoms with Crippen molar-refractivity contribution < 1.29 is 24.5 Å². The van der Waals surface area contributed by atoms with Gasteiger partial charge >= 0.3 is 5.97 Å². The van der Waals surface area contributed by atoms with Crippen LogP contribution in [0, 0.1) is 0 Å². The number of unbranched alkanes of at least 4 members (excludes halogenated alkanes) is 42. The lowest BCUT2D eigenvalue weighted by molar-refractivity contribution is -0.151. The van der Waals surface area contributed by atoms with E-state index in [1.165, 1.54) is 238 Å². The van der Waals surface area contributed by atoms with E-state index in [1.807, 2.05) is 0 Å². The average molecular weight is 947 g/mol. The van der Waals surface area contributed by atoms with Crippen LogP contribution in [0.5, 0.6) is 0 Å². The zero-order valence-electron chi connectivity index (χ0n) is 45.6. The Morgan fingerprint density at radius 2 is 0.716 bits per heavy atom. The molecule has 0 aliphatic carbocycles. The van der Waals surface area contributed by atoms with Crippen molar-refractivity contribution >= 4 is 11.9 Å². The van der Waals surface area contributed by atoms with E-state index >= 15 is 0 Å². The van der Waals surface area contributed by atoms with Gasteiger partial charge in [0.25, 0.3) is 0 Å². The molecule has 0 rings (SSSR count). The van der Waals surface area contributed by atoms with Gasteiger partial charge in [0.1, 0.15) is 6.10 Å². The van der Waals surface area contributed by atoms with E-state index in [4.69, 9.17) is 4.74 Å². The monoisotopic (exact) mass is 946 g/mol. The lowest BCUT2D eigenvalue weighted by Crippen LogP contribution is -2.46. The fourth-order valence-electron chi connectivity index (χ4n) is 9.72. The molecule has 0 saturated carbocycles. The largest absolute Gasteiger partial charge is 0.462 e. The van der Waals surface area contributed by atoms with Crippen LogP contribution >= 0.6 is 0 Å². The van der Waals surface area contributed by atoms with Gasteiger partial charge in [-0.05, 0) is 51.4 Å². The summed E-state index contributed by atoms with van der Waals surface area (Å²) in [5.74, 6) is -0.464. The molecule has 3 atom stereocenters. The van der Waals surface area contributed by atoms with Crippen LogP contribution in [0.15, 0.2) is 12.2 Å². The number of allylic oxidation sites excluding steroid dienone is 2. The molecule has 67 heavy (non-hydrogen) atoms. The number of carbonyl (C=O) groups is 2. The molecule has 0 spiro atoms. The maximum absolute atomic E-state index is 13.3. The minimum Gasteiger partial charge on any atom is -0.462 e. The van der Waals surface area contributed by atoms with Crippen LogP contribution in [0.4, 0.5) is 0 Å². The van der Waals surface area contributed by atoms with Gasteiger partial charge in [0, 0.05) is 6.42 Å². The summed E-state index contributed by atoms with van der Waals surface area (Å²) in [4.78, 5) is 26.3. The van der Waals surface area contributed by atoms with E-state index in [0.29, 0.717) is 19.3 Å². The lowest BCUT2D eigenvalue weighted by Gasteiger charge is -2.24. The molecular formula is C61H119NO5. The predicted molar refractivity (Wildman–Crippen MR) is 292 cm³/mol. The number of hydrogen-bond acceptors (Lipinski definition) is 5. The van der Waals surface area contributed by atoms with Gasteiger partial charge in [-0.15, -0.1) is 0 Å². The van der Waals surface area contributed by atoms with E-state index in [2.05, 4.69) is 38.2 Å². The first-order chi connectivity index (χ1) is 33.0. The minimum atomic E-state index is -0.787. The highest BCUT2D eigenvalue weighted by Gasteiger charge is 2.24. The van der Waals surface area contributed by atoms with Crippen LogP contribution in [0.1, 0.15) is 342 Å². The standard InChI is InChI=1S/C61H119NO5/c1-4-7-10-13-16-19-22-25-28-29-30-31-33-36-39-42-45-48-51-54-61(66)67-57(52-49-46-43-40-37-34-27-24-21-18-15-12-9-6-3)55-60(65)62-58(56-63)59(64)53-50-47-44-41-38-35-32-26-23-20-17-14-11-8-5-2/h34,37,57-59,63-64H,4-33,35-36,38-56H2,1-3H3,(H,62,65)/b37-34+. The van der Waals surface area contributed by atoms with Crippen LogP contribution < -0.4 is 5.32 Å². The average Bonchev–Trinajstić information content (AvgIpc) is 3.32. The number of aliphatic hydroxyl groups is 2. The SMILES string of the molecule is CCCCCCCCC/C=C/CCCCCC(CC(=O)NC(CO)C(O)CCCCCCCCCCCCCCCCC)OC(=O)CCCCCCCCCCCCCCCCCCCCC. The first-order valence-electron chi connectivity index (χ1n) is 30.4. The van der Waals surface area contributed by atoms with Crippen molar-refractivity contribution in [1.82, 2.24) is 5.32 Å². The minimum absolute atomic E-state index is 0.0749. The molecule has 0 saturated heterocycles. The molecule has 0 heterocycles. The van der Waals surface area contributed by atoms with Gasteiger partial charge in [0.2, 0.25) is 5.91 Å². The Labute approximate surface area is 419 Å². The van der Waals surface area contributed by atoms with Crippen LogP contribution in [0.2, 0.25) is 0 Å². The van der Waals surface area contributed by atoms with Crippen molar-refractivity contribution in [1.29, 1.82) is 0 Å². The molecule has 0 radical (unpaired) electrons. The fraction of sp³-hybridized carbons (Fsp3) is 0.934. The normalized spacial score (nSPS) is 13.1. The highest BCUT2D eigenvalue weighted by molar-refractivity contribution is 5.77. The molecule has 3 unspecified atom stereocenters. The van der Waals surface area contributed by atoms with E-state index in [1.54, 1.807) is 0 Å². The van der Waals surface area contributed by atoms with Crippen LogP contribution in [0.25, 0.3) is 0 Å². The number of carbonyl (C=O) groups excluding carboxylic acids is 2. The molecule has 1 amide bonds. The van der Waals surface area contributed by atoms with Crippen LogP contribution in [-0.4, -0.2) is 46.9 Å². The summed E-state index contributed by atoms with van der Waals surface area (Å²) < 4.78 is 5.97. The Hall–Kier alpha value is -1.40. The van der Waals surface area contributed by atoms with Crippen molar-refractivity contribution in [2.24, 2.45) is 0 Å². The van der Waals surface area contributed by atoms with Gasteiger partial charge in [0.15, 0.2) is 0 Å². The smallest absolute Gasteiger partial charge is 0.306 e.